The lowest BCUT2D eigenvalue weighted by Gasteiger charge is -2.44. The standard InChI is InChI=1S/C23H35N3O3S/c1-18-9-10-19(2)22(16-18)30(28,29)25-14-12-24(13-15-25)17-23(27)26-11-5-7-20-6-3-4-8-21(20)26/h9-10,16,20-21H,3-8,11-15,17H2,1-2H3/p+1/t20-,21+/m0/s1. The zero-order valence-electron chi connectivity index (χ0n) is 18.4. The third kappa shape index (κ3) is 4.43. The zero-order chi connectivity index (χ0) is 21.3. The summed E-state index contributed by atoms with van der Waals surface area (Å²) < 4.78 is 27.9. The molecule has 1 N–H and O–H groups in total. The van der Waals surface area contributed by atoms with Gasteiger partial charge in [0.1, 0.15) is 0 Å². The number of carbonyl (C=O) groups is 1. The highest BCUT2D eigenvalue weighted by Gasteiger charge is 2.38. The van der Waals surface area contributed by atoms with Crippen molar-refractivity contribution in [1.82, 2.24) is 9.21 Å². The molecule has 3 aliphatic rings. The zero-order valence-corrected chi connectivity index (χ0v) is 19.2. The number of fused-ring (bicyclic) bond motifs is 1. The summed E-state index contributed by atoms with van der Waals surface area (Å²) in [5.74, 6) is 0.971. The highest BCUT2D eigenvalue weighted by atomic mass is 32.2. The number of carbonyl (C=O) groups excluding carboxylic acids is 1. The molecule has 1 aromatic rings. The number of rotatable bonds is 4. The Bertz CT molecular complexity index is 876. The molecule has 0 spiro atoms. The number of piperidine rings is 1. The third-order valence-corrected chi connectivity index (χ3v) is 9.40. The van der Waals surface area contributed by atoms with Gasteiger partial charge < -0.3 is 9.80 Å². The number of piperazine rings is 1. The van der Waals surface area contributed by atoms with Crippen LogP contribution in [0.4, 0.5) is 0 Å². The van der Waals surface area contributed by atoms with E-state index in [0.717, 1.165) is 30.5 Å². The molecule has 2 atom stereocenters. The molecule has 7 heteroatoms. The first-order chi connectivity index (χ1) is 14.4. The Kier molecular flexibility index (Phi) is 6.51. The van der Waals surface area contributed by atoms with Gasteiger partial charge in [0.05, 0.1) is 31.1 Å². The van der Waals surface area contributed by atoms with Crippen LogP contribution in [-0.4, -0.2) is 68.8 Å². The lowest BCUT2D eigenvalue weighted by Crippen LogP contribution is -3.15. The van der Waals surface area contributed by atoms with E-state index in [1.165, 1.54) is 30.6 Å². The van der Waals surface area contributed by atoms with Crippen molar-refractivity contribution in [2.24, 2.45) is 5.92 Å². The number of amides is 1. The van der Waals surface area contributed by atoms with Crippen molar-refractivity contribution >= 4 is 15.9 Å². The minimum absolute atomic E-state index is 0.271. The maximum absolute atomic E-state index is 13.1. The predicted molar refractivity (Wildman–Crippen MR) is 117 cm³/mol. The van der Waals surface area contributed by atoms with Gasteiger partial charge in [-0.15, -0.1) is 0 Å². The van der Waals surface area contributed by atoms with Gasteiger partial charge in [0.25, 0.3) is 5.91 Å². The molecular formula is C23H36N3O3S+. The summed E-state index contributed by atoms with van der Waals surface area (Å²) >= 11 is 0. The van der Waals surface area contributed by atoms with Gasteiger partial charge in [-0.2, -0.15) is 4.31 Å². The Morgan fingerprint density at radius 2 is 1.73 bits per heavy atom. The molecule has 2 saturated heterocycles. The molecule has 3 fully saturated rings. The van der Waals surface area contributed by atoms with E-state index < -0.39 is 10.0 Å². The van der Waals surface area contributed by atoms with Gasteiger partial charge in [-0.25, -0.2) is 8.42 Å². The van der Waals surface area contributed by atoms with Gasteiger partial charge >= 0.3 is 0 Å². The number of aryl methyl sites for hydroxylation is 2. The number of nitrogens with zero attached hydrogens (tertiary/aromatic N) is 2. The van der Waals surface area contributed by atoms with Crippen LogP contribution in [0, 0.1) is 19.8 Å². The van der Waals surface area contributed by atoms with Crippen molar-refractivity contribution < 1.29 is 18.1 Å². The summed E-state index contributed by atoms with van der Waals surface area (Å²) in [6, 6.07) is 6.04. The molecule has 2 aliphatic heterocycles. The molecule has 0 radical (unpaired) electrons. The first-order valence-corrected chi connectivity index (χ1v) is 13.0. The minimum Gasteiger partial charge on any atom is -0.335 e. The lowest BCUT2D eigenvalue weighted by molar-refractivity contribution is -0.896. The van der Waals surface area contributed by atoms with Crippen molar-refractivity contribution in [3.63, 3.8) is 0 Å². The van der Waals surface area contributed by atoms with Crippen LogP contribution >= 0.6 is 0 Å². The molecule has 166 valence electrons. The van der Waals surface area contributed by atoms with Crippen LogP contribution in [0.15, 0.2) is 23.1 Å². The third-order valence-electron chi connectivity index (χ3n) is 7.36. The van der Waals surface area contributed by atoms with Gasteiger partial charge in [0.2, 0.25) is 10.0 Å². The molecule has 1 aliphatic carbocycles. The molecule has 30 heavy (non-hydrogen) atoms. The predicted octanol–water partition coefficient (Wildman–Crippen LogP) is 1.37. The van der Waals surface area contributed by atoms with E-state index in [2.05, 4.69) is 4.90 Å². The summed E-state index contributed by atoms with van der Waals surface area (Å²) in [6.07, 6.45) is 7.39. The first-order valence-electron chi connectivity index (χ1n) is 11.6. The van der Waals surface area contributed by atoms with Crippen molar-refractivity contribution in [2.45, 2.75) is 63.3 Å². The Hall–Kier alpha value is -1.44. The van der Waals surface area contributed by atoms with Crippen LogP contribution in [0.25, 0.3) is 0 Å². The highest BCUT2D eigenvalue weighted by Crippen LogP contribution is 2.35. The molecule has 2 heterocycles. The van der Waals surface area contributed by atoms with E-state index in [4.69, 9.17) is 0 Å². The van der Waals surface area contributed by atoms with Crippen LogP contribution in [0.1, 0.15) is 49.7 Å². The summed E-state index contributed by atoms with van der Waals surface area (Å²) in [5, 5.41) is 0. The van der Waals surface area contributed by atoms with E-state index >= 15 is 0 Å². The van der Waals surface area contributed by atoms with Gasteiger partial charge in [-0.1, -0.05) is 25.0 Å². The lowest BCUT2D eigenvalue weighted by atomic mass is 9.78. The van der Waals surface area contributed by atoms with Crippen molar-refractivity contribution in [3.05, 3.63) is 29.3 Å². The molecule has 1 amide bonds. The quantitative estimate of drug-likeness (QED) is 0.779. The van der Waals surface area contributed by atoms with Crippen molar-refractivity contribution in [1.29, 1.82) is 0 Å². The van der Waals surface area contributed by atoms with E-state index in [1.807, 2.05) is 26.0 Å². The van der Waals surface area contributed by atoms with Crippen LogP contribution in [0.5, 0.6) is 0 Å². The van der Waals surface area contributed by atoms with Gasteiger partial charge in [0.15, 0.2) is 6.54 Å². The summed E-state index contributed by atoms with van der Waals surface area (Å²) in [5.41, 5.74) is 1.74. The number of sulfonamides is 1. The number of likely N-dealkylation sites (tertiary alicyclic amines) is 1. The topological polar surface area (TPSA) is 62.1 Å². The second-order valence-electron chi connectivity index (χ2n) is 9.44. The average Bonchev–Trinajstić information content (AvgIpc) is 2.75. The van der Waals surface area contributed by atoms with E-state index in [-0.39, 0.29) is 5.91 Å². The van der Waals surface area contributed by atoms with Crippen LogP contribution < -0.4 is 4.90 Å². The fourth-order valence-corrected chi connectivity index (χ4v) is 7.34. The van der Waals surface area contributed by atoms with E-state index in [0.29, 0.717) is 49.6 Å². The molecule has 1 aromatic carbocycles. The second kappa shape index (κ2) is 8.97. The van der Waals surface area contributed by atoms with E-state index in [9.17, 15) is 13.2 Å². The molecule has 0 bridgehead atoms. The van der Waals surface area contributed by atoms with Crippen LogP contribution in [0.3, 0.4) is 0 Å². The monoisotopic (exact) mass is 434 g/mol. The van der Waals surface area contributed by atoms with Crippen LogP contribution in [-0.2, 0) is 14.8 Å². The summed E-state index contributed by atoms with van der Waals surface area (Å²) in [6.45, 7) is 7.51. The highest BCUT2D eigenvalue weighted by molar-refractivity contribution is 7.89. The largest absolute Gasteiger partial charge is 0.335 e. The smallest absolute Gasteiger partial charge is 0.278 e. The molecule has 4 rings (SSSR count). The fraction of sp³-hybridized carbons (Fsp3) is 0.696. The molecule has 6 nitrogen and oxygen atoms in total. The van der Waals surface area contributed by atoms with E-state index in [1.54, 1.807) is 10.4 Å². The number of hydrogen-bond acceptors (Lipinski definition) is 3. The van der Waals surface area contributed by atoms with Gasteiger partial charge in [0, 0.05) is 12.6 Å². The number of nitrogens with one attached hydrogen (secondary N) is 1. The maximum atomic E-state index is 13.1. The van der Waals surface area contributed by atoms with Crippen molar-refractivity contribution in [3.8, 4) is 0 Å². The summed E-state index contributed by atoms with van der Waals surface area (Å²) in [4.78, 5) is 16.9. The number of hydrogen-bond donors (Lipinski definition) is 1. The Labute approximate surface area is 181 Å². The molecule has 1 saturated carbocycles. The van der Waals surface area contributed by atoms with Gasteiger partial charge in [-0.05, 0) is 62.6 Å². The second-order valence-corrected chi connectivity index (χ2v) is 11.3. The fourth-order valence-electron chi connectivity index (χ4n) is 5.59. The average molecular weight is 435 g/mol. The Morgan fingerprint density at radius 3 is 2.50 bits per heavy atom. The maximum Gasteiger partial charge on any atom is 0.278 e. The Balaban J connectivity index is 1.35. The molecule has 0 aromatic heterocycles. The van der Waals surface area contributed by atoms with Crippen molar-refractivity contribution in [2.75, 3.05) is 39.3 Å². The minimum atomic E-state index is -3.48. The van der Waals surface area contributed by atoms with Gasteiger partial charge in [-0.3, -0.25) is 4.79 Å². The normalized spacial score (nSPS) is 26.4. The Morgan fingerprint density at radius 1 is 1.03 bits per heavy atom. The molecular weight excluding hydrogens is 398 g/mol. The number of quaternary nitrogens is 1. The SMILES string of the molecule is Cc1ccc(C)c(S(=O)(=O)N2CC[NH+](CC(=O)N3CCC[C@@H]4CCCC[C@H]43)CC2)c1. The number of benzene rings is 1. The first kappa shape index (κ1) is 21.8. The van der Waals surface area contributed by atoms with Crippen LogP contribution in [0.2, 0.25) is 0 Å². The summed E-state index contributed by atoms with van der Waals surface area (Å²) in [7, 11) is -3.48. The molecule has 0 unspecified atom stereocenters.